The zero-order valence-electron chi connectivity index (χ0n) is 11.6. The van der Waals surface area contributed by atoms with Crippen molar-refractivity contribution in [2.75, 3.05) is 18.4 Å². The smallest absolute Gasteiger partial charge is 0.324 e. The number of rotatable bonds is 2. The van der Waals surface area contributed by atoms with Crippen molar-refractivity contribution in [1.29, 1.82) is 0 Å². The highest BCUT2D eigenvalue weighted by Crippen LogP contribution is 2.13. The Morgan fingerprint density at radius 1 is 1.53 bits per heavy atom. The molecule has 19 heavy (non-hydrogen) atoms. The van der Waals surface area contributed by atoms with Gasteiger partial charge in [0.15, 0.2) is 0 Å². The van der Waals surface area contributed by atoms with Crippen LogP contribution in [0.1, 0.15) is 38.6 Å². The number of amides is 2. The first-order valence-corrected chi connectivity index (χ1v) is 6.64. The standard InChI is InChI=1S/C12H21N5O2/c1-8(2)17-9(3)13-11(15-17)14-12(19)16-6-4-5-10(18)7-16/h8,10,18H,4-7H2,1-3H3,(H,14,15,19). The summed E-state index contributed by atoms with van der Waals surface area (Å²) in [5.74, 6) is 1.08. The summed E-state index contributed by atoms with van der Waals surface area (Å²) in [5, 5.41) is 16.5. The number of anilines is 1. The summed E-state index contributed by atoms with van der Waals surface area (Å²) in [7, 11) is 0. The average molecular weight is 267 g/mol. The lowest BCUT2D eigenvalue weighted by Gasteiger charge is -2.29. The van der Waals surface area contributed by atoms with Crippen LogP contribution in [-0.4, -0.2) is 50.0 Å². The predicted molar refractivity (Wildman–Crippen MR) is 71.0 cm³/mol. The summed E-state index contributed by atoms with van der Waals surface area (Å²) in [6.45, 7) is 6.90. The number of piperidine rings is 1. The van der Waals surface area contributed by atoms with Gasteiger partial charge in [0.25, 0.3) is 0 Å². The van der Waals surface area contributed by atoms with Gasteiger partial charge in [0.1, 0.15) is 5.82 Å². The first kappa shape index (κ1) is 13.8. The van der Waals surface area contributed by atoms with Gasteiger partial charge in [-0.2, -0.15) is 4.98 Å². The fourth-order valence-electron chi connectivity index (χ4n) is 2.26. The number of nitrogens with zero attached hydrogens (tertiary/aromatic N) is 4. The number of aliphatic hydroxyl groups excluding tert-OH is 1. The molecule has 2 amide bonds. The normalized spacial score (nSPS) is 19.8. The molecule has 1 fully saturated rings. The van der Waals surface area contributed by atoms with Gasteiger partial charge in [-0.25, -0.2) is 9.48 Å². The van der Waals surface area contributed by atoms with Crippen molar-refractivity contribution in [3.05, 3.63) is 5.82 Å². The van der Waals surface area contributed by atoms with Crippen LogP contribution < -0.4 is 5.32 Å². The van der Waals surface area contributed by atoms with Crippen molar-refractivity contribution < 1.29 is 9.90 Å². The highest BCUT2D eigenvalue weighted by atomic mass is 16.3. The molecule has 0 bridgehead atoms. The summed E-state index contributed by atoms with van der Waals surface area (Å²) >= 11 is 0. The monoisotopic (exact) mass is 267 g/mol. The lowest BCUT2D eigenvalue weighted by Crippen LogP contribution is -2.44. The summed E-state index contributed by atoms with van der Waals surface area (Å²) < 4.78 is 1.76. The first-order valence-electron chi connectivity index (χ1n) is 6.64. The number of carbonyl (C=O) groups excluding carboxylic acids is 1. The number of carbonyl (C=O) groups is 1. The average Bonchev–Trinajstić information content (AvgIpc) is 2.70. The third-order valence-electron chi connectivity index (χ3n) is 3.19. The van der Waals surface area contributed by atoms with Crippen molar-refractivity contribution in [2.24, 2.45) is 0 Å². The van der Waals surface area contributed by atoms with E-state index in [1.54, 1.807) is 9.58 Å². The van der Waals surface area contributed by atoms with Crippen LogP contribution >= 0.6 is 0 Å². The predicted octanol–water partition coefficient (Wildman–Crippen LogP) is 1.16. The van der Waals surface area contributed by atoms with E-state index in [0.29, 0.717) is 19.0 Å². The number of nitrogens with one attached hydrogen (secondary N) is 1. The second-order valence-corrected chi connectivity index (χ2v) is 5.19. The zero-order valence-corrected chi connectivity index (χ0v) is 11.6. The van der Waals surface area contributed by atoms with E-state index in [0.717, 1.165) is 18.7 Å². The van der Waals surface area contributed by atoms with Gasteiger partial charge in [-0.15, -0.1) is 5.10 Å². The number of hydrogen-bond acceptors (Lipinski definition) is 4. The highest BCUT2D eigenvalue weighted by Gasteiger charge is 2.23. The van der Waals surface area contributed by atoms with Crippen molar-refractivity contribution in [2.45, 2.75) is 45.8 Å². The van der Waals surface area contributed by atoms with Gasteiger partial charge in [-0.3, -0.25) is 5.32 Å². The van der Waals surface area contributed by atoms with Gasteiger partial charge in [-0.05, 0) is 33.6 Å². The summed E-state index contributed by atoms with van der Waals surface area (Å²) in [4.78, 5) is 17.8. The summed E-state index contributed by atoms with van der Waals surface area (Å²) in [6.07, 6.45) is 1.15. The first-order chi connectivity index (χ1) is 8.97. The van der Waals surface area contributed by atoms with Crippen LogP contribution in [0.2, 0.25) is 0 Å². The van der Waals surface area contributed by atoms with Crippen molar-refractivity contribution in [3.63, 3.8) is 0 Å². The van der Waals surface area contributed by atoms with Crippen LogP contribution in [0.15, 0.2) is 0 Å². The Hall–Kier alpha value is -1.63. The van der Waals surface area contributed by atoms with Crippen LogP contribution in [0, 0.1) is 6.92 Å². The molecule has 7 nitrogen and oxygen atoms in total. The molecule has 0 spiro atoms. The molecule has 2 rings (SSSR count). The molecule has 1 aliphatic heterocycles. The molecule has 106 valence electrons. The Morgan fingerprint density at radius 2 is 2.26 bits per heavy atom. The minimum Gasteiger partial charge on any atom is -0.391 e. The number of hydrogen-bond donors (Lipinski definition) is 2. The topological polar surface area (TPSA) is 83.3 Å². The molecule has 2 heterocycles. The van der Waals surface area contributed by atoms with Crippen molar-refractivity contribution >= 4 is 12.0 Å². The third kappa shape index (κ3) is 3.23. The maximum Gasteiger partial charge on any atom is 0.324 e. The van der Waals surface area contributed by atoms with Gasteiger partial charge >= 0.3 is 6.03 Å². The van der Waals surface area contributed by atoms with Crippen molar-refractivity contribution in [1.82, 2.24) is 19.7 Å². The Labute approximate surface area is 112 Å². The molecular formula is C12H21N5O2. The molecule has 1 saturated heterocycles. The SMILES string of the molecule is Cc1nc(NC(=O)N2CCCC(O)C2)nn1C(C)C. The highest BCUT2D eigenvalue weighted by molar-refractivity contribution is 5.87. The molecule has 0 radical (unpaired) electrons. The quantitative estimate of drug-likeness (QED) is 0.842. The molecule has 1 aliphatic rings. The maximum atomic E-state index is 12.0. The molecule has 0 aromatic carbocycles. The molecule has 1 aromatic rings. The molecule has 1 atom stereocenters. The van der Waals surface area contributed by atoms with Gasteiger partial charge in [-0.1, -0.05) is 0 Å². The lowest BCUT2D eigenvalue weighted by atomic mass is 10.1. The van der Waals surface area contributed by atoms with E-state index in [1.165, 1.54) is 0 Å². The minimum absolute atomic E-state index is 0.204. The minimum atomic E-state index is -0.428. The Balaban J connectivity index is 2.00. The number of urea groups is 1. The van der Waals surface area contributed by atoms with E-state index < -0.39 is 6.10 Å². The fourth-order valence-corrected chi connectivity index (χ4v) is 2.26. The lowest BCUT2D eigenvalue weighted by molar-refractivity contribution is 0.0883. The van der Waals surface area contributed by atoms with Crippen LogP contribution in [0.4, 0.5) is 10.7 Å². The summed E-state index contributed by atoms with van der Waals surface area (Å²) in [6, 6.07) is -0.0467. The van der Waals surface area contributed by atoms with Gasteiger partial charge in [0.05, 0.1) is 6.10 Å². The second-order valence-electron chi connectivity index (χ2n) is 5.19. The van der Waals surface area contributed by atoms with E-state index >= 15 is 0 Å². The number of likely N-dealkylation sites (tertiary alicyclic amines) is 1. The Bertz CT molecular complexity index is 457. The molecule has 2 N–H and O–H groups in total. The Kier molecular flexibility index (Phi) is 4.04. The molecule has 1 unspecified atom stereocenters. The number of aliphatic hydroxyl groups is 1. The van der Waals surface area contributed by atoms with Crippen molar-refractivity contribution in [3.8, 4) is 0 Å². The molecule has 0 aliphatic carbocycles. The van der Waals surface area contributed by atoms with Crippen LogP contribution in [0.25, 0.3) is 0 Å². The molecule has 1 aromatic heterocycles. The van der Waals surface area contributed by atoms with E-state index in [1.807, 2.05) is 20.8 Å². The second kappa shape index (κ2) is 5.56. The van der Waals surface area contributed by atoms with E-state index in [2.05, 4.69) is 15.4 Å². The van der Waals surface area contributed by atoms with Crippen LogP contribution in [-0.2, 0) is 0 Å². The van der Waals surface area contributed by atoms with Crippen LogP contribution in [0.5, 0.6) is 0 Å². The maximum absolute atomic E-state index is 12.0. The van der Waals surface area contributed by atoms with E-state index in [9.17, 15) is 9.90 Å². The van der Waals surface area contributed by atoms with Gasteiger partial charge < -0.3 is 10.0 Å². The number of aryl methyl sites for hydroxylation is 1. The largest absolute Gasteiger partial charge is 0.391 e. The van der Waals surface area contributed by atoms with Crippen LogP contribution in [0.3, 0.4) is 0 Å². The molecular weight excluding hydrogens is 246 g/mol. The third-order valence-corrected chi connectivity index (χ3v) is 3.19. The fraction of sp³-hybridized carbons (Fsp3) is 0.750. The van der Waals surface area contributed by atoms with Gasteiger partial charge in [0, 0.05) is 19.1 Å². The zero-order chi connectivity index (χ0) is 14.0. The van der Waals surface area contributed by atoms with E-state index in [-0.39, 0.29) is 12.1 Å². The summed E-state index contributed by atoms with van der Waals surface area (Å²) in [5.41, 5.74) is 0. The number of β-amino-alcohol motifs (C(OH)–C–C–N with tert-alkyl or cyclic N) is 1. The van der Waals surface area contributed by atoms with Gasteiger partial charge in [0.2, 0.25) is 5.95 Å². The molecule has 7 heteroatoms. The Morgan fingerprint density at radius 3 is 2.84 bits per heavy atom. The number of aromatic nitrogens is 3. The van der Waals surface area contributed by atoms with E-state index in [4.69, 9.17) is 0 Å². The molecule has 0 saturated carbocycles.